The van der Waals surface area contributed by atoms with E-state index in [4.69, 9.17) is 4.74 Å². The topological polar surface area (TPSA) is 70.7 Å². The van der Waals surface area contributed by atoms with Crippen molar-refractivity contribution in [2.24, 2.45) is 0 Å². The number of cyclic esters (lactones) is 1. The maximum Gasteiger partial charge on any atom is 0.323 e. The molecule has 0 saturated carbocycles. The van der Waals surface area contributed by atoms with Crippen LogP contribution >= 0.6 is 11.8 Å². The second-order valence-corrected chi connectivity index (χ2v) is 9.85. The van der Waals surface area contributed by atoms with Crippen molar-refractivity contribution >= 4 is 35.4 Å². The largest absolute Gasteiger partial charge is 0.447 e. The zero-order valence-corrected chi connectivity index (χ0v) is 20.4. The molecule has 0 atom stereocenters. The molecule has 5 rings (SSSR count). The first-order valence-electron chi connectivity index (χ1n) is 11.6. The van der Waals surface area contributed by atoms with Crippen LogP contribution in [0.5, 0.6) is 0 Å². The molecule has 178 valence electrons. The summed E-state index contributed by atoms with van der Waals surface area (Å²) in [5.74, 6) is 0.567. The molecule has 35 heavy (non-hydrogen) atoms. The third kappa shape index (κ3) is 5.82. The number of benzene rings is 3. The number of ether oxygens (including phenoxy) is 1. The highest BCUT2D eigenvalue weighted by Gasteiger charge is 2.20. The van der Waals surface area contributed by atoms with Crippen LogP contribution in [0, 0.1) is 6.92 Å². The van der Waals surface area contributed by atoms with Gasteiger partial charge in [0.1, 0.15) is 6.54 Å². The number of fused-ring (bicyclic) bond motifs is 1. The number of anilines is 1. The van der Waals surface area contributed by atoms with E-state index in [-0.39, 0.29) is 25.2 Å². The van der Waals surface area contributed by atoms with Crippen molar-refractivity contribution in [2.45, 2.75) is 24.8 Å². The molecule has 0 spiro atoms. The van der Waals surface area contributed by atoms with Crippen LogP contribution < -0.4 is 10.7 Å². The fraction of sp³-hybridized carbons (Fsp3) is 0.214. The first kappa shape index (κ1) is 23.4. The van der Waals surface area contributed by atoms with E-state index in [0.717, 1.165) is 33.7 Å². The van der Waals surface area contributed by atoms with Crippen molar-refractivity contribution < 1.29 is 14.3 Å². The van der Waals surface area contributed by atoms with Crippen molar-refractivity contribution in [3.8, 4) is 11.1 Å². The summed E-state index contributed by atoms with van der Waals surface area (Å²) in [5.41, 5.74) is 10.4. The Hall–Kier alpha value is -3.39. The Labute approximate surface area is 209 Å². The zero-order chi connectivity index (χ0) is 24.2. The van der Waals surface area contributed by atoms with Gasteiger partial charge in [0.05, 0.1) is 0 Å². The van der Waals surface area contributed by atoms with Gasteiger partial charge in [-0.05, 0) is 65.9 Å². The van der Waals surface area contributed by atoms with Crippen LogP contribution in [0.2, 0.25) is 0 Å². The molecule has 2 aliphatic rings. The van der Waals surface area contributed by atoms with E-state index in [1.807, 2.05) is 30.3 Å². The Morgan fingerprint density at radius 3 is 2.54 bits per heavy atom. The second-order valence-electron chi connectivity index (χ2n) is 8.72. The number of carbonyl (C=O) groups excluding carboxylic acids is 2. The number of hydrogen-bond acceptors (Lipinski definition) is 6. The van der Waals surface area contributed by atoms with Crippen molar-refractivity contribution in [1.29, 1.82) is 0 Å². The molecule has 1 amide bonds. The monoisotopic (exact) mass is 485 g/mol. The van der Waals surface area contributed by atoms with Gasteiger partial charge in [-0.1, -0.05) is 48.0 Å². The van der Waals surface area contributed by atoms with E-state index in [0.29, 0.717) is 13.0 Å². The van der Waals surface area contributed by atoms with Crippen LogP contribution in [0.15, 0.2) is 77.2 Å². The minimum absolute atomic E-state index is 0.0715. The molecule has 7 heteroatoms. The average molecular weight is 486 g/mol. The minimum Gasteiger partial charge on any atom is -0.447 e. The lowest BCUT2D eigenvalue weighted by Crippen LogP contribution is -2.35. The average Bonchev–Trinajstić information content (AvgIpc) is 3.16. The smallest absolute Gasteiger partial charge is 0.323 e. The van der Waals surface area contributed by atoms with Gasteiger partial charge in [0.2, 0.25) is 0 Å². The number of hydrazine groups is 1. The van der Waals surface area contributed by atoms with E-state index < -0.39 is 0 Å². The highest BCUT2D eigenvalue weighted by atomic mass is 32.2. The van der Waals surface area contributed by atoms with Gasteiger partial charge in [0.25, 0.3) is 5.91 Å². The van der Waals surface area contributed by atoms with E-state index in [1.54, 1.807) is 16.8 Å². The molecule has 6 nitrogen and oxygen atoms in total. The summed E-state index contributed by atoms with van der Waals surface area (Å²) in [4.78, 5) is 25.5. The zero-order valence-electron chi connectivity index (χ0n) is 19.5. The normalized spacial score (nSPS) is 15.7. The molecule has 3 aromatic rings. The van der Waals surface area contributed by atoms with Crippen molar-refractivity contribution in [3.05, 3.63) is 89.0 Å². The van der Waals surface area contributed by atoms with Crippen LogP contribution in [0.3, 0.4) is 0 Å². The Bertz CT molecular complexity index is 1270. The SMILES string of the molecule is Cc1ccc(-c2ccc3c(c2)C=C(C(=O)Nc2ccc(CNN4COC(=O)C4)cc2)CCS3)cc1. The van der Waals surface area contributed by atoms with Gasteiger partial charge in [-0.15, -0.1) is 11.8 Å². The number of aryl methyl sites for hydroxylation is 1. The number of thioether (sulfide) groups is 1. The molecule has 3 aromatic carbocycles. The lowest BCUT2D eigenvalue weighted by atomic mass is 10.0. The molecule has 0 aromatic heterocycles. The summed E-state index contributed by atoms with van der Waals surface area (Å²) < 4.78 is 4.91. The van der Waals surface area contributed by atoms with Gasteiger partial charge >= 0.3 is 5.97 Å². The van der Waals surface area contributed by atoms with Crippen LogP contribution in [0.1, 0.15) is 23.1 Å². The summed E-state index contributed by atoms with van der Waals surface area (Å²) in [5, 5.41) is 4.77. The highest BCUT2D eigenvalue weighted by Crippen LogP contribution is 2.34. The van der Waals surface area contributed by atoms with E-state index in [1.165, 1.54) is 16.0 Å². The standard InChI is InChI=1S/C28H27N3O3S/c1-19-2-6-21(7-3-19)22-8-11-26-24(14-22)15-23(12-13-35-26)28(33)30-25-9-4-20(5-10-25)16-29-31-17-27(32)34-18-31/h2-11,14-15,29H,12-13,16-18H2,1H3,(H,30,33). The number of carbonyl (C=O) groups is 2. The first-order valence-corrected chi connectivity index (χ1v) is 12.6. The lowest BCUT2D eigenvalue weighted by Gasteiger charge is -2.13. The summed E-state index contributed by atoms with van der Waals surface area (Å²) in [6.45, 7) is 3.17. The molecule has 2 aliphatic heterocycles. The fourth-order valence-corrected chi connectivity index (χ4v) is 5.04. The molecule has 0 aliphatic carbocycles. The molecule has 0 bridgehead atoms. The summed E-state index contributed by atoms with van der Waals surface area (Å²) in [7, 11) is 0. The van der Waals surface area contributed by atoms with Crippen LogP contribution in [0.25, 0.3) is 17.2 Å². The molecule has 2 N–H and O–H groups in total. The van der Waals surface area contributed by atoms with Crippen molar-refractivity contribution in [2.75, 3.05) is 24.3 Å². The maximum atomic E-state index is 13.1. The van der Waals surface area contributed by atoms with Gasteiger partial charge in [-0.25, -0.2) is 5.43 Å². The predicted octanol–water partition coefficient (Wildman–Crippen LogP) is 5.00. The first-order chi connectivity index (χ1) is 17.0. The van der Waals surface area contributed by atoms with Crippen LogP contribution in [-0.2, 0) is 20.9 Å². The molecule has 1 fully saturated rings. The highest BCUT2D eigenvalue weighted by molar-refractivity contribution is 7.99. The van der Waals surface area contributed by atoms with E-state index in [9.17, 15) is 9.59 Å². The molecule has 2 heterocycles. The van der Waals surface area contributed by atoms with E-state index >= 15 is 0 Å². The Balaban J connectivity index is 1.26. The molecule has 1 saturated heterocycles. The van der Waals surface area contributed by atoms with Crippen molar-refractivity contribution in [1.82, 2.24) is 10.4 Å². The number of amides is 1. The van der Waals surface area contributed by atoms with Gasteiger partial charge in [-0.2, -0.15) is 5.01 Å². The number of nitrogens with zero attached hydrogens (tertiary/aromatic N) is 1. The van der Waals surface area contributed by atoms with Gasteiger partial charge in [-0.3, -0.25) is 9.59 Å². The quantitative estimate of drug-likeness (QED) is 0.479. The van der Waals surface area contributed by atoms with Crippen LogP contribution in [-0.4, -0.2) is 35.9 Å². The van der Waals surface area contributed by atoms with Crippen LogP contribution in [0.4, 0.5) is 5.69 Å². The minimum atomic E-state index is -0.226. The molecular formula is C28H27N3O3S. The number of nitrogens with one attached hydrogen (secondary N) is 2. The summed E-state index contributed by atoms with van der Waals surface area (Å²) in [6.07, 6.45) is 2.74. The third-order valence-corrected chi connectivity index (χ3v) is 7.16. The molecular weight excluding hydrogens is 458 g/mol. The Morgan fingerprint density at radius 2 is 1.80 bits per heavy atom. The molecule has 0 unspecified atom stereocenters. The second kappa shape index (κ2) is 10.5. The Kier molecular flexibility index (Phi) is 6.99. The number of rotatable bonds is 6. The van der Waals surface area contributed by atoms with E-state index in [2.05, 4.69) is 60.1 Å². The molecule has 0 radical (unpaired) electrons. The third-order valence-electron chi connectivity index (χ3n) is 6.06. The summed E-state index contributed by atoms with van der Waals surface area (Å²) in [6, 6.07) is 22.7. The maximum absolute atomic E-state index is 13.1. The van der Waals surface area contributed by atoms with Crippen molar-refractivity contribution in [3.63, 3.8) is 0 Å². The number of hydrogen-bond donors (Lipinski definition) is 2. The number of esters is 1. The van der Waals surface area contributed by atoms with Gasteiger partial charge in [0, 0.05) is 28.5 Å². The van der Waals surface area contributed by atoms with Gasteiger partial charge < -0.3 is 10.1 Å². The lowest BCUT2D eigenvalue weighted by molar-refractivity contribution is -0.137. The fourth-order valence-electron chi connectivity index (χ4n) is 4.05. The predicted molar refractivity (Wildman–Crippen MR) is 140 cm³/mol. The summed E-state index contributed by atoms with van der Waals surface area (Å²) >= 11 is 1.79. The Morgan fingerprint density at radius 1 is 1.03 bits per heavy atom. The van der Waals surface area contributed by atoms with Gasteiger partial charge in [0.15, 0.2) is 6.73 Å².